The first-order valence-electron chi connectivity index (χ1n) is 23.5. The van der Waals surface area contributed by atoms with Crippen molar-refractivity contribution >= 4 is 5.91 Å². The lowest BCUT2D eigenvalue weighted by Gasteiger charge is -2.40. The van der Waals surface area contributed by atoms with E-state index in [1.54, 1.807) is 0 Å². The Balaban J connectivity index is 2.25. The van der Waals surface area contributed by atoms with Crippen LogP contribution in [-0.2, 0) is 14.3 Å². The van der Waals surface area contributed by atoms with Crippen molar-refractivity contribution in [2.45, 2.75) is 256 Å². The highest BCUT2D eigenvalue weighted by Gasteiger charge is 2.44. The van der Waals surface area contributed by atoms with E-state index in [0.717, 1.165) is 51.4 Å². The maximum absolute atomic E-state index is 13.0. The minimum atomic E-state index is -1.55. The van der Waals surface area contributed by atoms with Crippen molar-refractivity contribution in [2.24, 2.45) is 0 Å². The van der Waals surface area contributed by atoms with Gasteiger partial charge in [0.25, 0.3) is 0 Å². The van der Waals surface area contributed by atoms with E-state index in [1.165, 1.54) is 135 Å². The summed E-state index contributed by atoms with van der Waals surface area (Å²) in [6.07, 6.45) is 37.7. The Labute approximate surface area is 343 Å². The van der Waals surface area contributed by atoms with E-state index in [2.05, 4.69) is 43.5 Å². The zero-order valence-corrected chi connectivity index (χ0v) is 36.1. The van der Waals surface area contributed by atoms with E-state index in [1.807, 2.05) is 0 Å². The van der Waals surface area contributed by atoms with Crippen LogP contribution >= 0.6 is 0 Å². The van der Waals surface area contributed by atoms with Gasteiger partial charge in [0.05, 0.1) is 25.4 Å². The number of rotatable bonds is 39. The van der Waals surface area contributed by atoms with Crippen LogP contribution in [0, 0.1) is 0 Å². The van der Waals surface area contributed by atoms with Crippen molar-refractivity contribution in [1.82, 2.24) is 5.32 Å². The van der Waals surface area contributed by atoms with Gasteiger partial charge in [0.1, 0.15) is 24.4 Å². The van der Waals surface area contributed by atoms with Crippen molar-refractivity contribution in [3.63, 3.8) is 0 Å². The highest BCUT2D eigenvalue weighted by molar-refractivity contribution is 5.76. The molecule has 0 saturated carbocycles. The third kappa shape index (κ3) is 28.2. The van der Waals surface area contributed by atoms with Gasteiger partial charge in [-0.25, -0.2) is 0 Å². The molecule has 0 bridgehead atoms. The minimum absolute atomic E-state index is 0.140. The molecule has 6 N–H and O–H groups in total. The number of aliphatic hydroxyl groups is 5. The number of ether oxygens (including phenoxy) is 2. The van der Waals surface area contributed by atoms with E-state index in [9.17, 15) is 30.3 Å². The minimum Gasteiger partial charge on any atom is -0.394 e. The second-order valence-corrected chi connectivity index (χ2v) is 16.6. The van der Waals surface area contributed by atoms with Gasteiger partial charge in [0.15, 0.2) is 6.29 Å². The fraction of sp³-hybridized carbons (Fsp3) is 0.894. The van der Waals surface area contributed by atoms with Gasteiger partial charge in [-0.1, -0.05) is 186 Å². The van der Waals surface area contributed by atoms with Crippen molar-refractivity contribution in [3.05, 3.63) is 24.3 Å². The summed E-state index contributed by atoms with van der Waals surface area (Å²) in [5, 5.41) is 54.2. The Morgan fingerprint density at radius 2 is 1.05 bits per heavy atom. The van der Waals surface area contributed by atoms with E-state index < -0.39 is 49.5 Å². The zero-order valence-electron chi connectivity index (χ0n) is 36.1. The SMILES string of the molecule is CCCCCCCCCCC/C=C\C/C=C\CCCCCCCCCC(=O)NC(COC1OC(CO)C(O)C(O)C1O)C(O)CCCCCCCCCCCC. The van der Waals surface area contributed by atoms with Crippen LogP contribution in [-0.4, -0.2) is 87.5 Å². The first-order chi connectivity index (χ1) is 27.3. The average molecular weight is 796 g/mol. The monoisotopic (exact) mass is 796 g/mol. The molecule has 9 nitrogen and oxygen atoms in total. The summed E-state index contributed by atoms with van der Waals surface area (Å²) >= 11 is 0. The van der Waals surface area contributed by atoms with Crippen LogP contribution in [0.4, 0.5) is 0 Å². The number of hydrogen-bond donors (Lipinski definition) is 6. The van der Waals surface area contributed by atoms with E-state index in [0.29, 0.717) is 12.8 Å². The average Bonchev–Trinajstić information content (AvgIpc) is 3.20. The fourth-order valence-electron chi connectivity index (χ4n) is 7.48. The molecule has 0 radical (unpaired) electrons. The lowest BCUT2D eigenvalue weighted by Crippen LogP contribution is -2.60. The second kappa shape index (κ2) is 37.9. The predicted octanol–water partition coefficient (Wildman–Crippen LogP) is 9.89. The van der Waals surface area contributed by atoms with E-state index in [-0.39, 0.29) is 12.5 Å². The molecular formula is C47H89NO8. The summed E-state index contributed by atoms with van der Waals surface area (Å²) in [7, 11) is 0. The largest absolute Gasteiger partial charge is 0.394 e. The van der Waals surface area contributed by atoms with Gasteiger partial charge in [0, 0.05) is 6.42 Å². The van der Waals surface area contributed by atoms with Crippen molar-refractivity contribution in [2.75, 3.05) is 13.2 Å². The molecule has 0 aromatic heterocycles. The van der Waals surface area contributed by atoms with Gasteiger partial charge in [-0.2, -0.15) is 0 Å². The smallest absolute Gasteiger partial charge is 0.220 e. The second-order valence-electron chi connectivity index (χ2n) is 16.6. The molecule has 1 amide bonds. The van der Waals surface area contributed by atoms with Crippen LogP contribution in [0.3, 0.4) is 0 Å². The molecule has 330 valence electrons. The normalized spacial score (nSPS) is 21.3. The molecule has 0 spiro atoms. The molecule has 1 saturated heterocycles. The van der Waals surface area contributed by atoms with Crippen LogP contribution in [0.2, 0.25) is 0 Å². The quantitative estimate of drug-likeness (QED) is 0.0266. The molecule has 0 aromatic rings. The molecule has 7 unspecified atom stereocenters. The molecular weight excluding hydrogens is 707 g/mol. The van der Waals surface area contributed by atoms with Crippen molar-refractivity contribution in [1.29, 1.82) is 0 Å². The van der Waals surface area contributed by atoms with Crippen LogP contribution < -0.4 is 5.32 Å². The summed E-state index contributed by atoms with van der Waals surface area (Å²) in [4.78, 5) is 13.0. The van der Waals surface area contributed by atoms with Gasteiger partial charge in [-0.15, -0.1) is 0 Å². The van der Waals surface area contributed by atoms with E-state index >= 15 is 0 Å². The summed E-state index contributed by atoms with van der Waals surface area (Å²) in [5.41, 5.74) is 0. The first-order valence-corrected chi connectivity index (χ1v) is 23.5. The Bertz CT molecular complexity index is 930. The number of carbonyl (C=O) groups excluding carboxylic acids is 1. The number of allylic oxidation sites excluding steroid dienone is 4. The van der Waals surface area contributed by atoms with Gasteiger partial charge in [-0.05, 0) is 44.9 Å². The Morgan fingerprint density at radius 3 is 1.54 bits per heavy atom. The fourth-order valence-corrected chi connectivity index (χ4v) is 7.48. The summed E-state index contributed by atoms with van der Waals surface area (Å²) < 4.78 is 11.2. The molecule has 1 aliphatic rings. The molecule has 1 rings (SSSR count). The molecule has 1 heterocycles. The summed E-state index contributed by atoms with van der Waals surface area (Å²) in [6.45, 7) is 3.81. The van der Waals surface area contributed by atoms with Crippen molar-refractivity contribution < 1.29 is 39.8 Å². The van der Waals surface area contributed by atoms with Crippen LogP contribution in [0.25, 0.3) is 0 Å². The number of unbranched alkanes of at least 4 members (excludes halogenated alkanes) is 25. The molecule has 7 atom stereocenters. The number of amides is 1. The molecule has 1 aliphatic heterocycles. The Morgan fingerprint density at radius 1 is 0.607 bits per heavy atom. The number of carbonyl (C=O) groups is 1. The number of nitrogens with one attached hydrogen (secondary N) is 1. The molecule has 56 heavy (non-hydrogen) atoms. The van der Waals surface area contributed by atoms with Gasteiger partial charge >= 0.3 is 0 Å². The van der Waals surface area contributed by atoms with Gasteiger partial charge in [0.2, 0.25) is 5.91 Å². The topological polar surface area (TPSA) is 149 Å². The van der Waals surface area contributed by atoms with Crippen LogP contribution in [0.5, 0.6) is 0 Å². The highest BCUT2D eigenvalue weighted by atomic mass is 16.7. The number of aliphatic hydroxyl groups excluding tert-OH is 5. The predicted molar refractivity (Wildman–Crippen MR) is 230 cm³/mol. The summed E-state index contributed by atoms with van der Waals surface area (Å²) in [5.74, 6) is -0.153. The van der Waals surface area contributed by atoms with E-state index in [4.69, 9.17) is 9.47 Å². The highest BCUT2D eigenvalue weighted by Crippen LogP contribution is 2.23. The standard InChI is InChI=1S/C47H89NO8/c1-3-5-7-9-11-13-15-16-17-18-19-20-21-22-23-24-25-26-27-29-31-33-35-37-43(51)48-40(39-55-47-46(54)45(53)44(52)42(38-49)56-47)41(50)36-34-32-30-28-14-12-10-8-6-4-2/h19-20,22-23,40-42,44-47,49-50,52-54H,3-18,21,24-39H2,1-2H3,(H,48,51)/b20-19-,23-22-. The Hall–Kier alpha value is -1.33. The summed E-state index contributed by atoms with van der Waals surface area (Å²) in [6, 6.07) is -0.719. The zero-order chi connectivity index (χ0) is 40.9. The molecule has 0 aromatic carbocycles. The van der Waals surface area contributed by atoms with Crippen molar-refractivity contribution in [3.8, 4) is 0 Å². The molecule has 1 fully saturated rings. The lowest BCUT2D eigenvalue weighted by molar-refractivity contribution is -0.302. The molecule has 9 heteroatoms. The maximum atomic E-state index is 13.0. The lowest BCUT2D eigenvalue weighted by atomic mass is 9.99. The number of hydrogen-bond acceptors (Lipinski definition) is 8. The maximum Gasteiger partial charge on any atom is 0.220 e. The van der Waals surface area contributed by atoms with Gasteiger partial charge in [-0.3, -0.25) is 4.79 Å². The van der Waals surface area contributed by atoms with Crippen LogP contribution in [0.1, 0.15) is 213 Å². The Kier molecular flexibility index (Phi) is 35.7. The van der Waals surface area contributed by atoms with Crippen LogP contribution in [0.15, 0.2) is 24.3 Å². The third-order valence-corrected chi connectivity index (χ3v) is 11.3. The third-order valence-electron chi connectivity index (χ3n) is 11.3. The van der Waals surface area contributed by atoms with Gasteiger partial charge < -0.3 is 40.3 Å². The first kappa shape index (κ1) is 52.7. The molecule has 0 aliphatic carbocycles.